The molecule has 0 saturated carbocycles. The first-order chi connectivity index (χ1) is 20.4. The highest BCUT2D eigenvalue weighted by atomic mass is 35.5. The summed E-state index contributed by atoms with van der Waals surface area (Å²) in [5.41, 5.74) is 9.81. The zero-order valence-corrected chi connectivity index (χ0v) is 25.2. The van der Waals surface area contributed by atoms with Crippen LogP contribution in [0, 0.1) is 0 Å². The second kappa shape index (κ2) is 14.8. The van der Waals surface area contributed by atoms with Gasteiger partial charge >= 0.3 is 5.97 Å². The average molecular weight is 607 g/mol. The van der Waals surface area contributed by atoms with E-state index in [0.29, 0.717) is 42.1 Å². The third-order valence-electron chi connectivity index (χ3n) is 7.77. The molecule has 1 fully saturated rings. The Balaban J connectivity index is 0.00000423. The summed E-state index contributed by atoms with van der Waals surface area (Å²) in [6.45, 7) is 5.74. The number of rotatable bonds is 13. The van der Waals surface area contributed by atoms with Gasteiger partial charge in [-0.05, 0) is 49.2 Å². The number of hydrogen-bond acceptors (Lipinski definition) is 7. The number of carbonyl (C=O) groups excluding carboxylic acids is 1. The highest BCUT2D eigenvalue weighted by molar-refractivity contribution is 6.16. The van der Waals surface area contributed by atoms with Crippen LogP contribution in [0.3, 0.4) is 0 Å². The number of aromatic nitrogens is 1. The van der Waals surface area contributed by atoms with E-state index in [9.17, 15) is 9.59 Å². The fourth-order valence-corrected chi connectivity index (χ4v) is 5.54. The maximum atomic E-state index is 13.6. The van der Waals surface area contributed by atoms with Crippen molar-refractivity contribution in [3.05, 3.63) is 84.1 Å². The molecule has 1 aromatic heterocycles. The number of piperazine rings is 1. The summed E-state index contributed by atoms with van der Waals surface area (Å²) in [7, 11) is 1.71. The monoisotopic (exact) mass is 606 g/mol. The third-order valence-corrected chi connectivity index (χ3v) is 7.77. The van der Waals surface area contributed by atoms with Crippen molar-refractivity contribution >= 4 is 46.4 Å². The van der Waals surface area contributed by atoms with E-state index >= 15 is 0 Å². The number of ether oxygens (including phenoxy) is 2. The van der Waals surface area contributed by atoms with Gasteiger partial charge in [-0.25, -0.2) is 0 Å². The number of benzene rings is 3. The predicted octanol–water partition coefficient (Wildman–Crippen LogP) is 5.34. The Morgan fingerprint density at radius 2 is 1.65 bits per heavy atom. The van der Waals surface area contributed by atoms with E-state index in [0.717, 1.165) is 61.5 Å². The van der Waals surface area contributed by atoms with Crippen molar-refractivity contribution in [1.29, 1.82) is 0 Å². The lowest BCUT2D eigenvalue weighted by Gasteiger charge is -2.36. The maximum absolute atomic E-state index is 13.6. The topological polar surface area (TPSA) is 110 Å². The van der Waals surface area contributed by atoms with Gasteiger partial charge < -0.3 is 29.8 Å². The molecule has 0 radical (unpaired) electrons. The molecule has 3 aromatic carbocycles. The first-order valence-corrected chi connectivity index (χ1v) is 14.4. The number of ketones is 1. The number of methoxy groups -OCH3 is 1. The van der Waals surface area contributed by atoms with E-state index in [1.165, 1.54) is 0 Å². The quantitative estimate of drug-likeness (QED) is 0.119. The van der Waals surface area contributed by atoms with Gasteiger partial charge in [0.2, 0.25) is 0 Å². The minimum atomic E-state index is -0.830. The van der Waals surface area contributed by atoms with Gasteiger partial charge in [-0.1, -0.05) is 30.3 Å². The molecule has 1 aliphatic rings. The highest BCUT2D eigenvalue weighted by Crippen LogP contribution is 2.30. The number of carboxylic acid groups (broad SMARTS) is 1. The number of halogens is 1. The van der Waals surface area contributed by atoms with Crippen LogP contribution < -0.4 is 20.1 Å². The smallest absolute Gasteiger partial charge is 0.303 e. The molecular weight excluding hydrogens is 568 g/mol. The molecule has 1 saturated heterocycles. The molecule has 0 amide bonds. The summed E-state index contributed by atoms with van der Waals surface area (Å²) in [6, 6.07) is 21.0. The number of carbonyl (C=O) groups is 2. The lowest BCUT2D eigenvalue weighted by atomic mass is 10.0. The van der Waals surface area contributed by atoms with Crippen LogP contribution in [0.1, 0.15) is 35.2 Å². The molecule has 0 unspecified atom stereocenters. The fourth-order valence-electron chi connectivity index (χ4n) is 5.54. The lowest BCUT2D eigenvalue weighted by molar-refractivity contribution is -0.137. The highest BCUT2D eigenvalue weighted by Gasteiger charge is 2.20. The van der Waals surface area contributed by atoms with Gasteiger partial charge in [0.15, 0.2) is 5.78 Å². The van der Waals surface area contributed by atoms with Crippen molar-refractivity contribution in [2.45, 2.75) is 25.8 Å². The molecule has 4 aromatic rings. The van der Waals surface area contributed by atoms with Gasteiger partial charge in [-0.15, -0.1) is 12.4 Å². The summed E-state index contributed by atoms with van der Waals surface area (Å²) in [6.07, 6.45) is 3.22. The van der Waals surface area contributed by atoms with Gasteiger partial charge in [0.05, 0.1) is 25.1 Å². The number of hydrogen-bond donors (Lipinski definition) is 2. The van der Waals surface area contributed by atoms with Crippen LogP contribution in [-0.4, -0.2) is 72.8 Å². The molecule has 228 valence electrons. The van der Waals surface area contributed by atoms with Gasteiger partial charge in [-0.3, -0.25) is 14.5 Å². The second-order valence-corrected chi connectivity index (χ2v) is 10.5. The summed E-state index contributed by atoms with van der Waals surface area (Å²) in [5, 5.41) is 9.85. The molecule has 0 bridgehead atoms. The minimum Gasteiger partial charge on any atom is -0.495 e. The van der Waals surface area contributed by atoms with Crippen molar-refractivity contribution in [3.63, 3.8) is 0 Å². The molecule has 10 heteroatoms. The van der Waals surface area contributed by atoms with Gasteiger partial charge in [0, 0.05) is 73.9 Å². The normalized spacial score (nSPS) is 13.5. The SMILES string of the molecule is COc1ccccc1N1CCN(CCCOc2cc(C(=O)c3cn(CCCC(=O)O)c4ccccc34)ccc2N)CC1.Cl. The van der Waals surface area contributed by atoms with Crippen LogP contribution in [0.25, 0.3) is 10.9 Å². The molecule has 0 aliphatic carbocycles. The van der Waals surface area contributed by atoms with E-state index in [2.05, 4.69) is 15.9 Å². The molecular formula is C33H39ClN4O5. The van der Waals surface area contributed by atoms with Crippen molar-refractivity contribution in [1.82, 2.24) is 9.47 Å². The number of nitrogen functional groups attached to an aromatic ring is 1. The van der Waals surface area contributed by atoms with Crippen LogP contribution in [0.2, 0.25) is 0 Å². The van der Waals surface area contributed by atoms with E-state index in [-0.39, 0.29) is 24.6 Å². The summed E-state index contributed by atoms with van der Waals surface area (Å²) in [4.78, 5) is 29.4. The Hall–Kier alpha value is -4.21. The lowest BCUT2D eigenvalue weighted by Crippen LogP contribution is -2.46. The fraction of sp³-hybridized carbons (Fsp3) is 0.333. The van der Waals surface area contributed by atoms with E-state index < -0.39 is 5.97 Å². The zero-order valence-electron chi connectivity index (χ0n) is 24.4. The van der Waals surface area contributed by atoms with Gasteiger partial charge in [0.1, 0.15) is 11.5 Å². The number of para-hydroxylation sites is 3. The van der Waals surface area contributed by atoms with Crippen LogP contribution in [0.5, 0.6) is 11.5 Å². The molecule has 2 heterocycles. The number of nitrogens with zero attached hydrogens (tertiary/aromatic N) is 3. The van der Waals surface area contributed by atoms with Crippen LogP contribution >= 0.6 is 12.4 Å². The summed E-state index contributed by atoms with van der Waals surface area (Å²) < 4.78 is 13.5. The predicted molar refractivity (Wildman–Crippen MR) is 172 cm³/mol. The van der Waals surface area contributed by atoms with Crippen LogP contribution in [-0.2, 0) is 11.3 Å². The third kappa shape index (κ3) is 7.60. The van der Waals surface area contributed by atoms with Crippen molar-refractivity contribution in [2.24, 2.45) is 0 Å². The van der Waals surface area contributed by atoms with Crippen LogP contribution in [0.4, 0.5) is 11.4 Å². The molecule has 1 aliphatic heterocycles. The number of aliphatic carboxylic acids is 1. The number of nitrogens with two attached hydrogens (primary N) is 1. The van der Waals surface area contributed by atoms with Crippen molar-refractivity contribution in [2.75, 3.05) is 57.1 Å². The summed E-state index contributed by atoms with van der Waals surface area (Å²) in [5.74, 6) is 0.455. The Bertz CT molecular complexity index is 1550. The van der Waals surface area contributed by atoms with Gasteiger partial charge in [-0.2, -0.15) is 0 Å². The number of aryl methyl sites for hydroxylation is 1. The largest absolute Gasteiger partial charge is 0.495 e. The van der Waals surface area contributed by atoms with Crippen LogP contribution in [0.15, 0.2) is 72.9 Å². The molecule has 3 N–H and O–H groups in total. The first-order valence-electron chi connectivity index (χ1n) is 14.4. The number of anilines is 2. The van der Waals surface area contributed by atoms with E-state index in [4.69, 9.17) is 20.3 Å². The second-order valence-electron chi connectivity index (χ2n) is 10.5. The van der Waals surface area contributed by atoms with E-state index in [1.807, 2.05) is 53.2 Å². The molecule has 0 spiro atoms. The number of carboxylic acids is 1. The number of fused-ring (bicyclic) bond motifs is 1. The first kappa shape index (κ1) is 31.7. The maximum Gasteiger partial charge on any atom is 0.303 e. The Labute approximate surface area is 258 Å². The summed E-state index contributed by atoms with van der Waals surface area (Å²) >= 11 is 0. The standard InChI is InChI=1S/C33H38N4O5.ClH/c1-41-30-11-5-4-10-29(30)36-19-17-35(18-20-36)15-7-21-42-31-22-24(13-14-27(31)34)33(40)26-23-37(16-6-12-32(38)39)28-9-3-2-8-25(26)28;/h2-5,8-11,13-14,22-23H,6-7,12,15-21,34H2,1H3,(H,38,39);1H. The zero-order chi connectivity index (χ0) is 29.5. The Morgan fingerprint density at radius 3 is 2.42 bits per heavy atom. The molecule has 9 nitrogen and oxygen atoms in total. The molecule has 43 heavy (non-hydrogen) atoms. The van der Waals surface area contributed by atoms with Crippen molar-refractivity contribution < 1.29 is 24.2 Å². The van der Waals surface area contributed by atoms with Gasteiger partial charge in [0.25, 0.3) is 0 Å². The Kier molecular flexibility index (Phi) is 10.9. The average Bonchev–Trinajstić information content (AvgIpc) is 3.38. The molecule has 0 atom stereocenters. The van der Waals surface area contributed by atoms with E-state index in [1.54, 1.807) is 25.3 Å². The molecule has 5 rings (SSSR count). The Morgan fingerprint density at radius 1 is 0.907 bits per heavy atom. The minimum absolute atomic E-state index is 0. The van der Waals surface area contributed by atoms with Crippen molar-refractivity contribution in [3.8, 4) is 11.5 Å².